The Morgan fingerprint density at radius 2 is 1.77 bits per heavy atom. The maximum atomic E-state index is 13.0. The van der Waals surface area contributed by atoms with Crippen molar-refractivity contribution in [2.45, 2.75) is 32.1 Å². The Labute approximate surface area is 153 Å². The summed E-state index contributed by atoms with van der Waals surface area (Å²) in [4.78, 5) is 12.4. The number of amides is 1. The molecule has 2 aromatic carbocycles. The van der Waals surface area contributed by atoms with Crippen molar-refractivity contribution in [1.82, 2.24) is 4.31 Å². The molecule has 0 bridgehead atoms. The molecular weight excluding hydrogens is 355 g/mol. The molecule has 0 saturated heterocycles. The zero-order chi connectivity index (χ0) is 19.3. The first-order valence-corrected chi connectivity index (χ1v) is 9.87. The number of aryl methyl sites for hydroxylation is 2. The molecule has 5 nitrogen and oxygen atoms in total. The van der Waals surface area contributed by atoms with E-state index in [2.05, 4.69) is 5.32 Å². The van der Waals surface area contributed by atoms with Crippen LogP contribution in [0, 0.1) is 12.7 Å². The number of para-hydroxylation sites is 1. The fourth-order valence-electron chi connectivity index (χ4n) is 2.66. The number of anilines is 1. The summed E-state index contributed by atoms with van der Waals surface area (Å²) >= 11 is 0. The van der Waals surface area contributed by atoms with Crippen LogP contribution < -0.4 is 5.32 Å². The van der Waals surface area contributed by atoms with Gasteiger partial charge >= 0.3 is 0 Å². The normalized spacial score (nSPS) is 11.6. The van der Waals surface area contributed by atoms with Crippen molar-refractivity contribution < 1.29 is 17.6 Å². The summed E-state index contributed by atoms with van der Waals surface area (Å²) in [7, 11) is -3.88. The van der Waals surface area contributed by atoms with E-state index in [1.54, 1.807) is 6.92 Å². The van der Waals surface area contributed by atoms with E-state index in [1.807, 2.05) is 32.0 Å². The maximum absolute atomic E-state index is 13.0. The van der Waals surface area contributed by atoms with Gasteiger partial charge in [0.2, 0.25) is 15.9 Å². The van der Waals surface area contributed by atoms with E-state index < -0.39 is 21.7 Å². The van der Waals surface area contributed by atoms with Gasteiger partial charge in [0.1, 0.15) is 5.82 Å². The van der Waals surface area contributed by atoms with E-state index in [9.17, 15) is 17.6 Å². The molecule has 0 heterocycles. The number of benzene rings is 2. The van der Waals surface area contributed by atoms with Crippen LogP contribution in [0.1, 0.15) is 25.0 Å². The lowest BCUT2D eigenvalue weighted by molar-refractivity contribution is -0.116. The first-order valence-electron chi connectivity index (χ1n) is 8.43. The van der Waals surface area contributed by atoms with Crippen LogP contribution in [0.4, 0.5) is 10.1 Å². The molecular formula is C19H23FN2O3S. The third kappa shape index (κ3) is 4.47. The number of sulfonamides is 1. The van der Waals surface area contributed by atoms with Crippen molar-refractivity contribution in [2.24, 2.45) is 0 Å². The average Bonchev–Trinajstić information content (AvgIpc) is 2.61. The Hall–Kier alpha value is -2.25. The molecule has 0 aliphatic carbocycles. The van der Waals surface area contributed by atoms with Crippen LogP contribution in [0.25, 0.3) is 0 Å². The minimum absolute atomic E-state index is 0.0429. The minimum atomic E-state index is -3.88. The van der Waals surface area contributed by atoms with Crippen LogP contribution in [0.5, 0.6) is 0 Å². The Morgan fingerprint density at radius 3 is 2.35 bits per heavy atom. The highest BCUT2D eigenvalue weighted by Crippen LogP contribution is 2.21. The van der Waals surface area contributed by atoms with Gasteiger partial charge in [-0.1, -0.05) is 32.0 Å². The first-order chi connectivity index (χ1) is 12.3. The molecule has 7 heteroatoms. The van der Waals surface area contributed by atoms with Crippen molar-refractivity contribution in [3.05, 3.63) is 59.4 Å². The Kier molecular flexibility index (Phi) is 6.50. The van der Waals surface area contributed by atoms with Crippen LogP contribution in [-0.2, 0) is 21.2 Å². The van der Waals surface area contributed by atoms with Crippen molar-refractivity contribution in [2.75, 3.05) is 18.4 Å². The molecule has 0 unspecified atom stereocenters. The summed E-state index contributed by atoms with van der Waals surface area (Å²) in [5.41, 5.74) is 2.63. The largest absolute Gasteiger partial charge is 0.324 e. The highest BCUT2D eigenvalue weighted by molar-refractivity contribution is 7.89. The zero-order valence-electron chi connectivity index (χ0n) is 15.1. The second-order valence-corrected chi connectivity index (χ2v) is 7.83. The maximum Gasteiger partial charge on any atom is 0.243 e. The average molecular weight is 378 g/mol. The second kappa shape index (κ2) is 8.42. The van der Waals surface area contributed by atoms with Crippen LogP contribution >= 0.6 is 0 Å². The van der Waals surface area contributed by atoms with E-state index >= 15 is 0 Å². The Balaban J connectivity index is 2.20. The topological polar surface area (TPSA) is 66.5 Å². The van der Waals surface area contributed by atoms with Gasteiger partial charge in [-0.15, -0.1) is 0 Å². The molecule has 0 aliphatic heterocycles. The summed E-state index contributed by atoms with van der Waals surface area (Å²) in [6, 6.07) is 10.3. The minimum Gasteiger partial charge on any atom is -0.324 e. The Morgan fingerprint density at radius 1 is 1.12 bits per heavy atom. The summed E-state index contributed by atoms with van der Waals surface area (Å²) in [6.07, 6.45) is 0.753. The van der Waals surface area contributed by atoms with E-state index in [0.717, 1.165) is 39.7 Å². The van der Waals surface area contributed by atoms with Gasteiger partial charge in [-0.25, -0.2) is 12.8 Å². The highest BCUT2D eigenvalue weighted by Gasteiger charge is 2.25. The lowest BCUT2D eigenvalue weighted by Crippen LogP contribution is -2.38. The van der Waals surface area contributed by atoms with Gasteiger partial charge < -0.3 is 5.32 Å². The smallest absolute Gasteiger partial charge is 0.243 e. The van der Waals surface area contributed by atoms with Crippen molar-refractivity contribution in [1.29, 1.82) is 0 Å². The number of halogens is 1. The third-order valence-electron chi connectivity index (χ3n) is 4.13. The van der Waals surface area contributed by atoms with Crippen molar-refractivity contribution >= 4 is 21.6 Å². The molecule has 2 aromatic rings. The highest BCUT2D eigenvalue weighted by atomic mass is 32.2. The SMILES string of the molecule is CCc1cccc(C)c1NC(=O)CN(CC)S(=O)(=O)c1ccc(F)cc1. The Bertz CT molecular complexity index is 880. The number of nitrogens with one attached hydrogen (secondary N) is 1. The number of hydrogen-bond donors (Lipinski definition) is 1. The number of carbonyl (C=O) groups excluding carboxylic acids is 1. The number of carbonyl (C=O) groups is 1. The van der Waals surface area contributed by atoms with Crippen LogP contribution in [0.15, 0.2) is 47.4 Å². The van der Waals surface area contributed by atoms with Gasteiger partial charge in [-0.05, 0) is 48.7 Å². The molecule has 1 N–H and O–H groups in total. The van der Waals surface area contributed by atoms with E-state index in [4.69, 9.17) is 0 Å². The number of likely N-dealkylation sites (N-methyl/N-ethyl adjacent to an activating group) is 1. The molecule has 26 heavy (non-hydrogen) atoms. The van der Waals surface area contributed by atoms with Gasteiger partial charge in [0.15, 0.2) is 0 Å². The standard InChI is InChI=1S/C19H23FN2O3S/c1-4-15-8-6-7-14(3)19(15)21-18(23)13-22(5-2)26(24,25)17-11-9-16(20)10-12-17/h6-12H,4-5,13H2,1-3H3,(H,21,23). The summed E-state index contributed by atoms with van der Waals surface area (Å²) < 4.78 is 39.5. The van der Waals surface area contributed by atoms with Crippen LogP contribution in [0.3, 0.4) is 0 Å². The summed E-state index contributed by atoms with van der Waals surface area (Å²) in [6.45, 7) is 5.35. The van der Waals surface area contributed by atoms with Gasteiger partial charge in [0.05, 0.1) is 11.4 Å². The number of nitrogens with zero attached hydrogens (tertiary/aromatic N) is 1. The predicted octanol–water partition coefficient (Wildman–Crippen LogP) is 3.35. The van der Waals surface area contributed by atoms with Crippen molar-refractivity contribution in [3.8, 4) is 0 Å². The fourth-order valence-corrected chi connectivity index (χ4v) is 4.07. The van der Waals surface area contributed by atoms with Gasteiger partial charge in [0.25, 0.3) is 0 Å². The lowest BCUT2D eigenvalue weighted by atomic mass is 10.1. The lowest BCUT2D eigenvalue weighted by Gasteiger charge is -2.21. The molecule has 0 aromatic heterocycles. The first kappa shape index (κ1) is 20.1. The third-order valence-corrected chi connectivity index (χ3v) is 6.06. The molecule has 0 fully saturated rings. The van der Waals surface area contributed by atoms with E-state index in [-0.39, 0.29) is 18.0 Å². The van der Waals surface area contributed by atoms with Crippen LogP contribution in [0.2, 0.25) is 0 Å². The molecule has 140 valence electrons. The molecule has 0 spiro atoms. The van der Waals surface area contributed by atoms with Gasteiger partial charge in [-0.2, -0.15) is 4.31 Å². The number of hydrogen-bond acceptors (Lipinski definition) is 3. The quantitative estimate of drug-likeness (QED) is 0.803. The monoisotopic (exact) mass is 378 g/mol. The second-order valence-electron chi connectivity index (χ2n) is 5.90. The molecule has 0 radical (unpaired) electrons. The molecule has 2 rings (SSSR count). The molecule has 0 saturated carbocycles. The molecule has 1 amide bonds. The fraction of sp³-hybridized carbons (Fsp3) is 0.316. The molecule has 0 aliphatic rings. The van der Waals surface area contributed by atoms with Crippen molar-refractivity contribution in [3.63, 3.8) is 0 Å². The van der Waals surface area contributed by atoms with Gasteiger partial charge in [0, 0.05) is 12.2 Å². The van der Waals surface area contributed by atoms with E-state index in [0.29, 0.717) is 0 Å². The van der Waals surface area contributed by atoms with Gasteiger partial charge in [-0.3, -0.25) is 4.79 Å². The molecule has 0 atom stereocenters. The summed E-state index contributed by atoms with van der Waals surface area (Å²) in [5.74, 6) is -0.932. The van der Waals surface area contributed by atoms with Crippen LogP contribution in [-0.4, -0.2) is 31.7 Å². The number of rotatable bonds is 7. The predicted molar refractivity (Wildman–Crippen MR) is 100 cm³/mol. The van der Waals surface area contributed by atoms with E-state index in [1.165, 1.54) is 12.1 Å². The summed E-state index contributed by atoms with van der Waals surface area (Å²) in [5, 5.41) is 2.82. The zero-order valence-corrected chi connectivity index (χ0v) is 15.9.